The van der Waals surface area contributed by atoms with Crippen molar-refractivity contribution in [2.75, 3.05) is 18.6 Å². The molecular weight excluding hydrogens is 446 g/mol. The second-order valence-corrected chi connectivity index (χ2v) is 11.8. The van der Waals surface area contributed by atoms with Crippen molar-refractivity contribution in [2.45, 2.75) is 46.6 Å². The molecule has 180 valence electrons. The third-order valence-electron chi connectivity index (χ3n) is 6.23. The molecule has 0 saturated carbocycles. The molecule has 0 aliphatic heterocycles. The van der Waals surface area contributed by atoms with E-state index in [0.29, 0.717) is 31.4 Å². The molecular formula is C28H33NO4S. The molecule has 1 aromatic heterocycles. The summed E-state index contributed by atoms with van der Waals surface area (Å²) >= 11 is 0. The number of sulfone groups is 1. The molecule has 1 heterocycles. The van der Waals surface area contributed by atoms with Gasteiger partial charge >= 0.3 is 0 Å². The van der Waals surface area contributed by atoms with Gasteiger partial charge in [0.05, 0.1) is 12.4 Å². The normalized spacial score (nSPS) is 15.2. The minimum absolute atomic E-state index is 0.137. The van der Waals surface area contributed by atoms with Gasteiger partial charge in [-0.15, -0.1) is 0 Å². The lowest BCUT2D eigenvalue weighted by Crippen LogP contribution is -2.08. The Bertz CT molecular complexity index is 1260. The predicted molar refractivity (Wildman–Crippen MR) is 136 cm³/mol. The second-order valence-electron chi connectivity index (χ2n) is 9.56. The Labute approximate surface area is 203 Å². The van der Waals surface area contributed by atoms with E-state index in [-0.39, 0.29) is 5.75 Å². The number of nitrogens with zero attached hydrogens (tertiary/aromatic N) is 1. The number of rotatable bonds is 9. The quantitative estimate of drug-likeness (QED) is 0.380. The van der Waals surface area contributed by atoms with E-state index in [0.717, 1.165) is 40.8 Å². The minimum Gasteiger partial charge on any atom is -0.494 e. The summed E-state index contributed by atoms with van der Waals surface area (Å²) in [6.07, 6.45) is 5.90. The molecule has 0 N–H and O–H groups in total. The number of hydrogen-bond donors (Lipinski definition) is 0. The van der Waals surface area contributed by atoms with Gasteiger partial charge in [-0.05, 0) is 96.2 Å². The fourth-order valence-corrected chi connectivity index (χ4v) is 5.37. The maximum absolute atomic E-state index is 11.3. The SMILES string of the molecule is Cc1cc(OCCCS(C)(=O)=O)cc(C)c1-c1cccc(COc2cc3c(cn2)CC(C)C3)c1. The molecule has 1 unspecified atom stereocenters. The number of fused-ring (bicyclic) bond motifs is 1. The topological polar surface area (TPSA) is 65.5 Å². The van der Waals surface area contributed by atoms with Crippen molar-refractivity contribution < 1.29 is 17.9 Å². The van der Waals surface area contributed by atoms with Crippen LogP contribution in [0.1, 0.15) is 41.2 Å². The van der Waals surface area contributed by atoms with E-state index in [9.17, 15) is 8.42 Å². The van der Waals surface area contributed by atoms with Crippen LogP contribution in [-0.4, -0.2) is 32.0 Å². The summed E-state index contributed by atoms with van der Waals surface area (Å²) in [6, 6.07) is 14.5. The highest BCUT2D eigenvalue weighted by Gasteiger charge is 2.18. The molecule has 0 spiro atoms. The molecule has 2 aromatic carbocycles. The monoisotopic (exact) mass is 479 g/mol. The summed E-state index contributed by atoms with van der Waals surface area (Å²) in [5.74, 6) is 2.27. The van der Waals surface area contributed by atoms with Crippen molar-refractivity contribution in [1.82, 2.24) is 4.98 Å². The lowest BCUT2D eigenvalue weighted by atomic mass is 9.94. The fourth-order valence-electron chi connectivity index (χ4n) is 4.73. The molecule has 3 aromatic rings. The Morgan fingerprint density at radius 1 is 1.00 bits per heavy atom. The molecule has 0 saturated heterocycles. The summed E-state index contributed by atoms with van der Waals surface area (Å²) in [6.45, 7) is 7.27. The van der Waals surface area contributed by atoms with Crippen LogP contribution in [0.2, 0.25) is 0 Å². The van der Waals surface area contributed by atoms with Gasteiger partial charge in [-0.2, -0.15) is 0 Å². The summed E-state index contributed by atoms with van der Waals surface area (Å²) in [5, 5.41) is 0. The number of ether oxygens (including phenoxy) is 2. The first-order chi connectivity index (χ1) is 16.2. The van der Waals surface area contributed by atoms with Crippen LogP contribution < -0.4 is 9.47 Å². The third-order valence-corrected chi connectivity index (χ3v) is 7.26. The van der Waals surface area contributed by atoms with Crippen LogP contribution in [-0.2, 0) is 29.3 Å². The van der Waals surface area contributed by atoms with E-state index in [2.05, 4.69) is 56.1 Å². The van der Waals surface area contributed by atoms with Crippen molar-refractivity contribution in [1.29, 1.82) is 0 Å². The molecule has 6 heteroatoms. The van der Waals surface area contributed by atoms with E-state index in [1.165, 1.54) is 22.9 Å². The molecule has 4 rings (SSSR count). The number of hydrogen-bond acceptors (Lipinski definition) is 5. The van der Waals surface area contributed by atoms with Crippen molar-refractivity contribution in [3.05, 3.63) is 76.5 Å². The molecule has 0 fully saturated rings. The van der Waals surface area contributed by atoms with Crippen molar-refractivity contribution in [3.63, 3.8) is 0 Å². The Balaban J connectivity index is 1.43. The minimum atomic E-state index is -2.96. The Morgan fingerprint density at radius 3 is 2.47 bits per heavy atom. The first-order valence-electron chi connectivity index (χ1n) is 11.8. The van der Waals surface area contributed by atoms with Crippen LogP contribution in [0.4, 0.5) is 0 Å². The van der Waals surface area contributed by atoms with Crippen LogP contribution in [0.3, 0.4) is 0 Å². The van der Waals surface area contributed by atoms with Crippen molar-refractivity contribution in [2.24, 2.45) is 5.92 Å². The van der Waals surface area contributed by atoms with Crippen LogP contribution in [0, 0.1) is 19.8 Å². The number of pyridine rings is 1. The molecule has 1 aliphatic carbocycles. The van der Waals surface area contributed by atoms with Crippen LogP contribution in [0.5, 0.6) is 11.6 Å². The molecule has 0 amide bonds. The molecule has 0 bridgehead atoms. The Kier molecular flexibility index (Phi) is 7.27. The van der Waals surface area contributed by atoms with Crippen LogP contribution in [0.15, 0.2) is 48.7 Å². The molecule has 1 aliphatic rings. The third kappa shape index (κ3) is 6.17. The van der Waals surface area contributed by atoms with Crippen molar-refractivity contribution in [3.8, 4) is 22.8 Å². The average molecular weight is 480 g/mol. The molecule has 34 heavy (non-hydrogen) atoms. The first-order valence-corrected chi connectivity index (χ1v) is 13.9. The highest BCUT2D eigenvalue weighted by atomic mass is 32.2. The van der Waals surface area contributed by atoms with Gasteiger partial charge < -0.3 is 9.47 Å². The maximum atomic E-state index is 11.3. The Hall–Kier alpha value is -2.86. The van der Waals surface area contributed by atoms with Crippen molar-refractivity contribution >= 4 is 9.84 Å². The van der Waals surface area contributed by atoms with Crippen LogP contribution in [0.25, 0.3) is 11.1 Å². The average Bonchev–Trinajstić information content (AvgIpc) is 3.14. The fraction of sp³-hybridized carbons (Fsp3) is 0.393. The molecule has 5 nitrogen and oxygen atoms in total. The standard InChI is InChI=1S/C28H33NO4S/c1-19-11-24-16-27(29-17-25(24)12-19)33-18-22-7-5-8-23(15-22)28-20(2)13-26(14-21(28)3)32-9-6-10-34(4,30)31/h5,7-8,13-17,19H,6,9-12,18H2,1-4H3. The first kappa shape index (κ1) is 24.3. The number of aromatic nitrogens is 1. The highest BCUT2D eigenvalue weighted by Crippen LogP contribution is 2.32. The summed E-state index contributed by atoms with van der Waals surface area (Å²) in [4.78, 5) is 4.49. The summed E-state index contributed by atoms with van der Waals surface area (Å²) < 4.78 is 34.4. The second kappa shape index (κ2) is 10.2. The van der Waals surface area contributed by atoms with Gasteiger partial charge in [0.1, 0.15) is 22.2 Å². The van der Waals surface area contributed by atoms with Gasteiger partial charge in [0.25, 0.3) is 0 Å². The van der Waals surface area contributed by atoms with Gasteiger partial charge in [-0.1, -0.05) is 25.1 Å². The van der Waals surface area contributed by atoms with E-state index < -0.39 is 9.84 Å². The van der Waals surface area contributed by atoms with E-state index in [1.54, 1.807) is 0 Å². The predicted octanol–water partition coefficient (Wildman–Crippen LogP) is 5.49. The lowest BCUT2D eigenvalue weighted by molar-refractivity contribution is 0.293. The molecule has 0 radical (unpaired) electrons. The largest absolute Gasteiger partial charge is 0.494 e. The van der Waals surface area contributed by atoms with Gasteiger partial charge in [0.15, 0.2) is 0 Å². The van der Waals surface area contributed by atoms with Gasteiger partial charge in [-0.3, -0.25) is 0 Å². The van der Waals surface area contributed by atoms with Gasteiger partial charge in [0, 0.05) is 18.5 Å². The van der Waals surface area contributed by atoms with Crippen LogP contribution >= 0.6 is 0 Å². The summed E-state index contributed by atoms with van der Waals surface area (Å²) in [5.41, 5.74) is 8.33. The van der Waals surface area contributed by atoms with E-state index >= 15 is 0 Å². The van der Waals surface area contributed by atoms with Gasteiger partial charge in [-0.25, -0.2) is 13.4 Å². The smallest absolute Gasteiger partial charge is 0.213 e. The number of aryl methyl sites for hydroxylation is 2. The zero-order valence-corrected chi connectivity index (χ0v) is 21.2. The number of benzene rings is 2. The highest BCUT2D eigenvalue weighted by molar-refractivity contribution is 7.90. The van der Waals surface area contributed by atoms with E-state index in [1.807, 2.05) is 18.3 Å². The van der Waals surface area contributed by atoms with Gasteiger partial charge in [0.2, 0.25) is 5.88 Å². The molecule has 1 atom stereocenters. The summed E-state index contributed by atoms with van der Waals surface area (Å²) in [7, 11) is -2.96. The van der Waals surface area contributed by atoms with E-state index in [4.69, 9.17) is 9.47 Å². The zero-order chi connectivity index (χ0) is 24.3. The Morgan fingerprint density at radius 2 is 1.74 bits per heavy atom. The maximum Gasteiger partial charge on any atom is 0.213 e. The zero-order valence-electron chi connectivity index (χ0n) is 20.4. The lowest BCUT2D eigenvalue weighted by Gasteiger charge is -2.15.